The summed E-state index contributed by atoms with van der Waals surface area (Å²) in [7, 11) is 3.14. The molecule has 1 atom stereocenters. The summed E-state index contributed by atoms with van der Waals surface area (Å²) in [5.41, 5.74) is 1.32. The van der Waals surface area contributed by atoms with Crippen molar-refractivity contribution in [1.29, 1.82) is 0 Å². The molecule has 1 aliphatic heterocycles. The van der Waals surface area contributed by atoms with Crippen molar-refractivity contribution in [3.8, 4) is 11.5 Å². The summed E-state index contributed by atoms with van der Waals surface area (Å²) in [6, 6.07) is 14.3. The number of para-hydroxylation sites is 2. The van der Waals surface area contributed by atoms with E-state index >= 15 is 0 Å². The van der Waals surface area contributed by atoms with Crippen molar-refractivity contribution in [2.24, 2.45) is 5.92 Å². The molecule has 0 saturated carbocycles. The van der Waals surface area contributed by atoms with Crippen molar-refractivity contribution in [3.05, 3.63) is 48.5 Å². The topological polar surface area (TPSA) is 67.9 Å². The van der Waals surface area contributed by atoms with Crippen molar-refractivity contribution in [3.63, 3.8) is 0 Å². The van der Waals surface area contributed by atoms with E-state index in [4.69, 9.17) is 9.47 Å². The van der Waals surface area contributed by atoms with E-state index in [0.717, 1.165) is 0 Å². The molecule has 1 N–H and O–H groups in total. The smallest absolute Gasteiger partial charge is 0.239 e. The highest BCUT2D eigenvalue weighted by Gasteiger charge is 2.38. The first-order valence-corrected chi connectivity index (χ1v) is 8.03. The van der Waals surface area contributed by atoms with Crippen LogP contribution in [0.1, 0.15) is 6.42 Å². The molecule has 6 heteroatoms. The fraction of sp³-hybridized carbons (Fsp3) is 0.263. The molecule has 2 aromatic carbocycles. The standard InChI is InChI=1S/C19H20N2O4/c1-24-14-9-7-13(8-10-14)20-18(22)15-11-12-21(19(15)23)16-5-3-4-6-17(16)25-2/h3-10,15H,11-12H2,1-2H3,(H,20,22). The van der Waals surface area contributed by atoms with Gasteiger partial charge in [-0.3, -0.25) is 9.59 Å². The van der Waals surface area contributed by atoms with Crippen LogP contribution in [0.2, 0.25) is 0 Å². The highest BCUT2D eigenvalue weighted by Crippen LogP contribution is 2.33. The third-order valence-corrected chi connectivity index (χ3v) is 4.26. The Balaban J connectivity index is 1.71. The molecule has 0 bridgehead atoms. The van der Waals surface area contributed by atoms with Crippen molar-refractivity contribution in [2.45, 2.75) is 6.42 Å². The number of amides is 2. The monoisotopic (exact) mass is 340 g/mol. The van der Waals surface area contributed by atoms with Gasteiger partial charge in [0.25, 0.3) is 0 Å². The fourth-order valence-electron chi connectivity index (χ4n) is 2.92. The first kappa shape index (κ1) is 16.8. The lowest BCUT2D eigenvalue weighted by Crippen LogP contribution is -2.33. The van der Waals surface area contributed by atoms with Crippen LogP contribution in [-0.4, -0.2) is 32.6 Å². The van der Waals surface area contributed by atoms with E-state index in [-0.39, 0.29) is 11.8 Å². The predicted molar refractivity (Wildman–Crippen MR) is 95.1 cm³/mol. The van der Waals surface area contributed by atoms with Crippen LogP contribution < -0.4 is 19.7 Å². The van der Waals surface area contributed by atoms with Crippen LogP contribution in [0.5, 0.6) is 11.5 Å². The highest BCUT2D eigenvalue weighted by molar-refractivity contribution is 6.13. The van der Waals surface area contributed by atoms with Gasteiger partial charge in [0.15, 0.2) is 0 Å². The number of carbonyl (C=O) groups is 2. The summed E-state index contributed by atoms with van der Waals surface area (Å²) >= 11 is 0. The van der Waals surface area contributed by atoms with E-state index in [1.807, 2.05) is 18.2 Å². The molecule has 0 radical (unpaired) electrons. The first-order chi connectivity index (χ1) is 12.1. The van der Waals surface area contributed by atoms with Gasteiger partial charge in [-0.15, -0.1) is 0 Å². The molecule has 2 aromatic rings. The second-order valence-electron chi connectivity index (χ2n) is 5.72. The molecule has 0 aliphatic carbocycles. The van der Waals surface area contributed by atoms with E-state index in [9.17, 15) is 9.59 Å². The third kappa shape index (κ3) is 3.42. The molecule has 1 saturated heterocycles. The van der Waals surface area contributed by atoms with Gasteiger partial charge in [0.05, 0.1) is 19.9 Å². The first-order valence-electron chi connectivity index (χ1n) is 8.03. The van der Waals surface area contributed by atoms with Crippen LogP contribution in [0.15, 0.2) is 48.5 Å². The fourth-order valence-corrected chi connectivity index (χ4v) is 2.92. The highest BCUT2D eigenvalue weighted by atomic mass is 16.5. The van der Waals surface area contributed by atoms with E-state index < -0.39 is 5.92 Å². The number of nitrogens with zero attached hydrogens (tertiary/aromatic N) is 1. The minimum absolute atomic E-state index is 0.212. The maximum atomic E-state index is 12.7. The lowest BCUT2D eigenvalue weighted by atomic mass is 10.1. The number of hydrogen-bond acceptors (Lipinski definition) is 4. The van der Waals surface area contributed by atoms with Crippen LogP contribution in [0, 0.1) is 5.92 Å². The third-order valence-electron chi connectivity index (χ3n) is 4.26. The normalized spacial score (nSPS) is 16.6. The number of rotatable bonds is 5. The van der Waals surface area contributed by atoms with Crippen LogP contribution in [0.4, 0.5) is 11.4 Å². The van der Waals surface area contributed by atoms with Gasteiger partial charge in [-0.1, -0.05) is 12.1 Å². The van der Waals surface area contributed by atoms with Gasteiger partial charge >= 0.3 is 0 Å². The summed E-state index contributed by atoms with van der Waals surface area (Å²) in [6.45, 7) is 0.486. The molecule has 0 aromatic heterocycles. The average Bonchev–Trinajstić information content (AvgIpc) is 3.03. The van der Waals surface area contributed by atoms with Gasteiger partial charge in [-0.2, -0.15) is 0 Å². The van der Waals surface area contributed by atoms with Gasteiger partial charge in [-0.25, -0.2) is 0 Å². The molecule has 0 spiro atoms. The molecule has 1 unspecified atom stereocenters. The Kier molecular flexibility index (Phi) is 4.88. The van der Waals surface area contributed by atoms with Gasteiger partial charge in [0, 0.05) is 12.2 Å². The SMILES string of the molecule is COc1ccc(NC(=O)C2CCN(c3ccccc3OC)C2=O)cc1. The zero-order chi connectivity index (χ0) is 17.8. The van der Waals surface area contributed by atoms with Crippen LogP contribution in [0.3, 0.4) is 0 Å². The molecular weight excluding hydrogens is 320 g/mol. The van der Waals surface area contributed by atoms with Crippen LogP contribution in [0.25, 0.3) is 0 Å². The number of ether oxygens (including phenoxy) is 2. The van der Waals surface area contributed by atoms with Crippen molar-refractivity contribution >= 4 is 23.2 Å². The Morgan fingerprint density at radius 1 is 1.08 bits per heavy atom. The second kappa shape index (κ2) is 7.25. The van der Waals surface area contributed by atoms with Gasteiger partial charge in [0.1, 0.15) is 17.4 Å². The number of carbonyl (C=O) groups excluding carboxylic acids is 2. The minimum Gasteiger partial charge on any atom is -0.497 e. The van der Waals surface area contributed by atoms with Crippen LogP contribution >= 0.6 is 0 Å². The molecule has 2 amide bonds. The van der Waals surface area contributed by atoms with Gasteiger partial charge in [0.2, 0.25) is 11.8 Å². The summed E-state index contributed by atoms with van der Waals surface area (Å²) in [5, 5.41) is 2.79. The van der Waals surface area contributed by atoms with Crippen LogP contribution in [-0.2, 0) is 9.59 Å². The number of anilines is 2. The molecule has 25 heavy (non-hydrogen) atoms. The molecular formula is C19H20N2O4. The van der Waals surface area contributed by atoms with Gasteiger partial charge < -0.3 is 19.7 Å². The van der Waals surface area contributed by atoms with Crippen molar-refractivity contribution in [2.75, 3.05) is 31.0 Å². The Hall–Kier alpha value is -3.02. The summed E-state index contributed by atoms with van der Waals surface area (Å²) < 4.78 is 10.4. The van der Waals surface area contributed by atoms with Crippen molar-refractivity contribution < 1.29 is 19.1 Å². The molecule has 1 fully saturated rings. The Bertz CT molecular complexity index is 773. The van der Waals surface area contributed by atoms with E-state index in [1.165, 1.54) is 0 Å². The summed E-state index contributed by atoms with van der Waals surface area (Å²) in [5.74, 6) is 0.111. The molecule has 1 aliphatic rings. The Morgan fingerprint density at radius 3 is 2.48 bits per heavy atom. The maximum Gasteiger partial charge on any atom is 0.239 e. The molecule has 3 rings (SSSR count). The average molecular weight is 340 g/mol. The van der Waals surface area contributed by atoms with E-state index in [2.05, 4.69) is 5.32 Å². The lowest BCUT2D eigenvalue weighted by molar-refractivity contribution is -0.129. The van der Waals surface area contributed by atoms with E-state index in [0.29, 0.717) is 35.8 Å². The van der Waals surface area contributed by atoms with Crippen molar-refractivity contribution in [1.82, 2.24) is 0 Å². The van der Waals surface area contributed by atoms with E-state index in [1.54, 1.807) is 49.5 Å². The number of methoxy groups -OCH3 is 2. The zero-order valence-corrected chi connectivity index (χ0v) is 14.2. The summed E-state index contributed by atoms with van der Waals surface area (Å²) in [6.07, 6.45) is 0.471. The quantitative estimate of drug-likeness (QED) is 0.850. The second-order valence-corrected chi connectivity index (χ2v) is 5.72. The number of nitrogens with one attached hydrogen (secondary N) is 1. The number of benzene rings is 2. The summed E-state index contributed by atoms with van der Waals surface area (Å²) in [4.78, 5) is 26.8. The Morgan fingerprint density at radius 2 is 1.80 bits per heavy atom. The maximum absolute atomic E-state index is 12.7. The Labute approximate surface area is 146 Å². The predicted octanol–water partition coefficient (Wildman–Crippen LogP) is 2.70. The largest absolute Gasteiger partial charge is 0.497 e. The van der Waals surface area contributed by atoms with Gasteiger partial charge in [-0.05, 0) is 42.8 Å². The molecule has 6 nitrogen and oxygen atoms in total. The molecule has 1 heterocycles. The minimum atomic E-state index is -0.702. The zero-order valence-electron chi connectivity index (χ0n) is 14.2. The lowest BCUT2D eigenvalue weighted by Gasteiger charge is -2.19. The molecule has 130 valence electrons. The number of hydrogen-bond donors (Lipinski definition) is 1.